The highest BCUT2D eigenvalue weighted by atomic mass is 16.5. The van der Waals surface area contributed by atoms with Gasteiger partial charge in [-0.25, -0.2) is 4.79 Å². The number of hydrogen-bond donors (Lipinski definition) is 1. The lowest BCUT2D eigenvalue weighted by molar-refractivity contribution is 0.335. The normalized spacial score (nSPS) is 11.0. The fourth-order valence-electron chi connectivity index (χ4n) is 2.14. The number of ether oxygens (including phenoxy) is 1. The summed E-state index contributed by atoms with van der Waals surface area (Å²) in [5.41, 5.74) is 7.38. The third kappa shape index (κ3) is 2.87. The summed E-state index contributed by atoms with van der Waals surface area (Å²) in [6, 6.07) is 5.65. The molecule has 0 aliphatic rings. The lowest BCUT2D eigenvalue weighted by Crippen LogP contribution is -2.25. The minimum Gasteiger partial charge on any atom is -0.494 e. The Hall–Kier alpha value is -2.17. The molecule has 0 unspecified atom stereocenters. The molecular formula is C15H21N3O2. The highest BCUT2D eigenvalue weighted by Gasteiger charge is 2.10. The minimum atomic E-state index is -0.0233. The molecule has 0 bridgehead atoms. The van der Waals surface area contributed by atoms with Gasteiger partial charge in [-0.1, -0.05) is 0 Å². The van der Waals surface area contributed by atoms with Crippen LogP contribution in [0.3, 0.4) is 0 Å². The van der Waals surface area contributed by atoms with Crippen molar-refractivity contribution < 1.29 is 4.74 Å². The first-order chi connectivity index (χ1) is 9.52. The number of benzene rings is 1. The van der Waals surface area contributed by atoms with Gasteiger partial charge >= 0.3 is 5.69 Å². The molecule has 0 saturated heterocycles. The highest BCUT2D eigenvalue weighted by Crippen LogP contribution is 2.22. The molecule has 0 atom stereocenters. The maximum absolute atomic E-state index is 12.2. The number of anilines is 1. The van der Waals surface area contributed by atoms with Gasteiger partial charge in [-0.3, -0.25) is 9.13 Å². The summed E-state index contributed by atoms with van der Waals surface area (Å²) in [6.07, 6.45) is 3.60. The molecule has 20 heavy (non-hydrogen) atoms. The summed E-state index contributed by atoms with van der Waals surface area (Å²) in [4.78, 5) is 12.2. The fourth-order valence-corrected chi connectivity index (χ4v) is 2.14. The van der Waals surface area contributed by atoms with Crippen molar-refractivity contribution in [3.63, 3.8) is 0 Å². The van der Waals surface area contributed by atoms with E-state index in [1.54, 1.807) is 27.6 Å². The molecule has 0 spiro atoms. The van der Waals surface area contributed by atoms with E-state index in [2.05, 4.69) is 0 Å². The van der Waals surface area contributed by atoms with Gasteiger partial charge in [0, 0.05) is 29.7 Å². The highest BCUT2D eigenvalue weighted by molar-refractivity contribution is 5.48. The molecule has 2 N–H and O–H groups in total. The van der Waals surface area contributed by atoms with E-state index in [9.17, 15) is 4.79 Å². The second-order valence-electron chi connectivity index (χ2n) is 5.01. The summed E-state index contributed by atoms with van der Waals surface area (Å²) in [5, 5.41) is 0. The van der Waals surface area contributed by atoms with E-state index in [1.807, 2.05) is 32.9 Å². The van der Waals surface area contributed by atoms with Gasteiger partial charge in [0.15, 0.2) is 0 Å². The average Bonchev–Trinajstić information content (AvgIpc) is 2.75. The first kappa shape index (κ1) is 14.2. The van der Waals surface area contributed by atoms with Crippen molar-refractivity contribution in [2.45, 2.75) is 33.4 Å². The Bertz CT molecular complexity index is 641. The number of nitrogens with zero attached hydrogens (tertiary/aromatic N) is 2. The zero-order valence-electron chi connectivity index (χ0n) is 12.2. The van der Waals surface area contributed by atoms with Crippen LogP contribution in [0.2, 0.25) is 0 Å². The molecule has 5 heteroatoms. The third-order valence-corrected chi connectivity index (χ3v) is 3.16. The van der Waals surface area contributed by atoms with Crippen LogP contribution in [0.4, 0.5) is 5.69 Å². The number of nitrogens with two attached hydrogens (primary N) is 1. The number of aromatic nitrogens is 2. The molecule has 0 saturated carbocycles. The molecule has 0 fully saturated rings. The summed E-state index contributed by atoms with van der Waals surface area (Å²) < 4.78 is 8.95. The Morgan fingerprint density at radius 3 is 2.65 bits per heavy atom. The van der Waals surface area contributed by atoms with Crippen molar-refractivity contribution >= 4 is 5.69 Å². The van der Waals surface area contributed by atoms with Gasteiger partial charge in [-0.2, -0.15) is 0 Å². The molecule has 0 aliphatic carbocycles. The van der Waals surface area contributed by atoms with Crippen molar-refractivity contribution in [1.82, 2.24) is 9.13 Å². The molecule has 2 rings (SSSR count). The summed E-state index contributed by atoms with van der Waals surface area (Å²) in [5.74, 6) is 0.769. The smallest absolute Gasteiger partial charge is 0.328 e. The predicted molar refractivity (Wildman–Crippen MR) is 80.2 cm³/mol. The van der Waals surface area contributed by atoms with Gasteiger partial charge in [-0.15, -0.1) is 0 Å². The van der Waals surface area contributed by atoms with Crippen molar-refractivity contribution in [3.8, 4) is 5.75 Å². The van der Waals surface area contributed by atoms with Crippen LogP contribution >= 0.6 is 0 Å². The molecule has 1 aromatic heterocycles. The quantitative estimate of drug-likeness (QED) is 0.851. The van der Waals surface area contributed by atoms with Gasteiger partial charge in [0.25, 0.3) is 0 Å². The largest absolute Gasteiger partial charge is 0.494 e. The van der Waals surface area contributed by atoms with Gasteiger partial charge in [-0.05, 0) is 39.0 Å². The van der Waals surface area contributed by atoms with Crippen molar-refractivity contribution in [3.05, 3.63) is 46.6 Å². The van der Waals surface area contributed by atoms with Crippen LogP contribution in [0, 0.1) is 0 Å². The minimum absolute atomic E-state index is 0.0233. The molecule has 5 nitrogen and oxygen atoms in total. The monoisotopic (exact) mass is 275 g/mol. The van der Waals surface area contributed by atoms with Crippen LogP contribution in [0.15, 0.2) is 35.4 Å². The molecular weight excluding hydrogens is 254 g/mol. The Kier molecular flexibility index (Phi) is 4.17. The standard InChI is InChI=1S/C15H21N3O2/c1-4-20-14-6-5-13(16)9-12(14)10-17-7-8-18(11(2)3)15(17)19/h5-9,11H,4,10,16H2,1-3H3. The van der Waals surface area contributed by atoms with Crippen LogP contribution < -0.4 is 16.2 Å². The van der Waals surface area contributed by atoms with Gasteiger partial charge in [0.05, 0.1) is 13.2 Å². The Morgan fingerprint density at radius 1 is 1.30 bits per heavy atom. The van der Waals surface area contributed by atoms with E-state index in [1.165, 1.54) is 0 Å². The predicted octanol–water partition coefficient (Wildman–Crippen LogP) is 2.26. The van der Waals surface area contributed by atoms with Crippen LogP contribution in [0.25, 0.3) is 0 Å². The number of imidazole rings is 1. The molecule has 0 amide bonds. The second kappa shape index (κ2) is 5.86. The van der Waals surface area contributed by atoms with Crippen molar-refractivity contribution in [2.75, 3.05) is 12.3 Å². The number of rotatable bonds is 5. The maximum Gasteiger partial charge on any atom is 0.328 e. The lowest BCUT2D eigenvalue weighted by Gasteiger charge is -2.11. The van der Waals surface area contributed by atoms with Crippen molar-refractivity contribution in [2.24, 2.45) is 0 Å². The second-order valence-corrected chi connectivity index (χ2v) is 5.01. The maximum atomic E-state index is 12.2. The average molecular weight is 275 g/mol. The lowest BCUT2D eigenvalue weighted by atomic mass is 10.1. The summed E-state index contributed by atoms with van der Waals surface area (Å²) in [7, 11) is 0. The third-order valence-electron chi connectivity index (χ3n) is 3.16. The first-order valence-electron chi connectivity index (χ1n) is 6.81. The van der Waals surface area contributed by atoms with Gasteiger partial charge in [0.2, 0.25) is 0 Å². The molecule has 1 aromatic carbocycles. The van der Waals surface area contributed by atoms with Crippen LogP contribution in [-0.2, 0) is 6.54 Å². The van der Waals surface area contributed by atoms with E-state index >= 15 is 0 Å². The molecule has 1 heterocycles. The Balaban J connectivity index is 2.34. The number of nitrogen functional groups attached to an aromatic ring is 1. The zero-order chi connectivity index (χ0) is 14.7. The van der Waals surface area contributed by atoms with E-state index in [0.29, 0.717) is 18.8 Å². The fraction of sp³-hybridized carbons (Fsp3) is 0.400. The van der Waals surface area contributed by atoms with Crippen LogP contribution in [0.1, 0.15) is 32.4 Å². The van der Waals surface area contributed by atoms with Gasteiger partial charge < -0.3 is 10.5 Å². The Morgan fingerprint density at radius 2 is 2.05 bits per heavy atom. The topological polar surface area (TPSA) is 62.2 Å². The Labute approximate surface area is 118 Å². The zero-order valence-corrected chi connectivity index (χ0v) is 12.2. The van der Waals surface area contributed by atoms with E-state index in [4.69, 9.17) is 10.5 Å². The van der Waals surface area contributed by atoms with E-state index in [-0.39, 0.29) is 11.7 Å². The molecule has 108 valence electrons. The first-order valence-corrected chi connectivity index (χ1v) is 6.81. The molecule has 0 aliphatic heterocycles. The number of hydrogen-bond acceptors (Lipinski definition) is 3. The molecule has 2 aromatic rings. The molecule has 0 radical (unpaired) electrons. The summed E-state index contributed by atoms with van der Waals surface area (Å²) in [6.45, 7) is 6.94. The van der Waals surface area contributed by atoms with Crippen LogP contribution in [-0.4, -0.2) is 15.7 Å². The summed E-state index contributed by atoms with van der Waals surface area (Å²) >= 11 is 0. The van der Waals surface area contributed by atoms with Crippen molar-refractivity contribution in [1.29, 1.82) is 0 Å². The van der Waals surface area contributed by atoms with Gasteiger partial charge in [0.1, 0.15) is 5.75 Å². The van der Waals surface area contributed by atoms with E-state index in [0.717, 1.165) is 11.3 Å². The van der Waals surface area contributed by atoms with Crippen LogP contribution in [0.5, 0.6) is 5.75 Å². The SMILES string of the molecule is CCOc1ccc(N)cc1Cn1ccn(C(C)C)c1=O. The van der Waals surface area contributed by atoms with E-state index < -0.39 is 0 Å².